The largest absolute Gasteiger partial charge is 0.368 e. The summed E-state index contributed by atoms with van der Waals surface area (Å²) in [7, 11) is 0. The lowest BCUT2D eigenvalue weighted by molar-refractivity contribution is -0.142. The number of likely N-dealkylation sites (tertiary alicyclic amines) is 1. The Kier molecular flexibility index (Phi) is 5.57. The number of nitrogens with two attached hydrogens (primary N) is 1. The van der Waals surface area contributed by atoms with E-state index in [0.29, 0.717) is 37.6 Å². The Hall–Kier alpha value is -2.48. The second kappa shape index (κ2) is 8.26. The number of primary amides is 1. The van der Waals surface area contributed by atoms with Gasteiger partial charge in [0.05, 0.1) is 0 Å². The fourth-order valence-corrected chi connectivity index (χ4v) is 4.74. The van der Waals surface area contributed by atoms with Gasteiger partial charge in [-0.2, -0.15) is 15.4 Å². The van der Waals surface area contributed by atoms with Gasteiger partial charge in [-0.25, -0.2) is 0 Å². The molecule has 2 amide bonds. The molecule has 2 aliphatic rings. The van der Waals surface area contributed by atoms with Gasteiger partial charge in [0, 0.05) is 13.0 Å². The summed E-state index contributed by atoms with van der Waals surface area (Å²) in [6, 6.07) is 5.34. The molecule has 2 aromatic rings. The average molecular weight is 384 g/mol. The van der Waals surface area contributed by atoms with Crippen molar-refractivity contribution in [3.05, 3.63) is 23.8 Å². The van der Waals surface area contributed by atoms with Crippen LogP contribution in [0.1, 0.15) is 37.7 Å². The highest BCUT2D eigenvalue weighted by atomic mass is 16.2. The standard InChI is InChI=1S/C20H28N6O2/c21-20(28)18-12-15(14-5-8-22-9-6-14)7-10-26(18)19(27)4-2-13-1-3-16-17(11-13)24-25-23-16/h1,3,11,14-15,18,22H,2,4-10,12H2,(H2,21,28)(H,23,24,25). The van der Waals surface area contributed by atoms with Gasteiger partial charge in [0.25, 0.3) is 0 Å². The minimum Gasteiger partial charge on any atom is -0.368 e. The summed E-state index contributed by atoms with van der Waals surface area (Å²) in [6.45, 7) is 2.71. The Balaban J connectivity index is 1.37. The second-order valence-electron chi connectivity index (χ2n) is 8.02. The molecule has 0 saturated carbocycles. The zero-order valence-corrected chi connectivity index (χ0v) is 16.1. The van der Waals surface area contributed by atoms with Gasteiger partial charge in [-0.05, 0) is 74.7 Å². The molecule has 8 nitrogen and oxygen atoms in total. The van der Waals surface area contributed by atoms with Gasteiger partial charge in [0.1, 0.15) is 17.1 Å². The van der Waals surface area contributed by atoms with E-state index in [9.17, 15) is 9.59 Å². The minimum atomic E-state index is -0.473. The molecule has 4 N–H and O–H groups in total. The maximum absolute atomic E-state index is 12.9. The number of aryl methyl sites for hydroxylation is 1. The van der Waals surface area contributed by atoms with Crippen LogP contribution in [0.25, 0.3) is 11.0 Å². The lowest BCUT2D eigenvalue weighted by Crippen LogP contribution is -2.53. The Bertz CT molecular complexity index is 844. The molecule has 2 atom stereocenters. The van der Waals surface area contributed by atoms with Crippen LogP contribution < -0.4 is 11.1 Å². The molecule has 0 bridgehead atoms. The number of carbonyl (C=O) groups excluding carboxylic acids is 2. The average Bonchev–Trinajstić information content (AvgIpc) is 3.20. The number of piperidine rings is 2. The predicted molar refractivity (Wildman–Crippen MR) is 105 cm³/mol. The number of carbonyl (C=O) groups is 2. The summed E-state index contributed by atoms with van der Waals surface area (Å²) in [5, 5.41) is 14.1. The molecule has 2 fully saturated rings. The number of nitrogens with one attached hydrogen (secondary N) is 2. The molecule has 0 spiro atoms. The molecular formula is C20H28N6O2. The molecule has 4 rings (SSSR count). The molecule has 0 aliphatic carbocycles. The molecule has 2 saturated heterocycles. The van der Waals surface area contributed by atoms with Gasteiger partial charge in [0.2, 0.25) is 11.8 Å². The highest BCUT2D eigenvalue weighted by Crippen LogP contribution is 2.34. The van der Waals surface area contributed by atoms with Gasteiger partial charge in [0.15, 0.2) is 0 Å². The van der Waals surface area contributed by atoms with Crippen LogP contribution in [0.5, 0.6) is 0 Å². The SMILES string of the molecule is NC(=O)C1CC(C2CCNCC2)CCN1C(=O)CCc1ccc2n[nH]nc2c1. The Labute approximate surface area is 164 Å². The van der Waals surface area contributed by atoms with Gasteiger partial charge >= 0.3 is 0 Å². The summed E-state index contributed by atoms with van der Waals surface area (Å²) < 4.78 is 0. The molecule has 150 valence electrons. The minimum absolute atomic E-state index is 0.00723. The van der Waals surface area contributed by atoms with E-state index in [1.165, 1.54) is 0 Å². The molecule has 3 heterocycles. The molecular weight excluding hydrogens is 356 g/mol. The highest BCUT2D eigenvalue weighted by Gasteiger charge is 2.37. The van der Waals surface area contributed by atoms with Crippen LogP contribution in [0.4, 0.5) is 0 Å². The zero-order chi connectivity index (χ0) is 19.5. The van der Waals surface area contributed by atoms with Crippen molar-refractivity contribution in [3.63, 3.8) is 0 Å². The van der Waals surface area contributed by atoms with Gasteiger partial charge in [-0.1, -0.05) is 6.07 Å². The number of benzene rings is 1. The summed E-state index contributed by atoms with van der Waals surface area (Å²) in [5.41, 5.74) is 8.32. The topological polar surface area (TPSA) is 117 Å². The zero-order valence-electron chi connectivity index (χ0n) is 16.1. The second-order valence-corrected chi connectivity index (χ2v) is 8.02. The molecule has 2 aliphatic heterocycles. The number of hydrogen-bond donors (Lipinski definition) is 3. The number of fused-ring (bicyclic) bond motifs is 1. The van der Waals surface area contributed by atoms with Crippen LogP contribution in [0, 0.1) is 11.8 Å². The van der Waals surface area contributed by atoms with Crippen molar-refractivity contribution >= 4 is 22.8 Å². The molecule has 28 heavy (non-hydrogen) atoms. The van der Waals surface area contributed by atoms with Crippen LogP contribution >= 0.6 is 0 Å². The first-order valence-electron chi connectivity index (χ1n) is 10.2. The van der Waals surface area contributed by atoms with Gasteiger partial charge in [-0.3, -0.25) is 9.59 Å². The number of nitrogens with zero attached hydrogens (tertiary/aromatic N) is 3. The summed E-state index contributed by atoms with van der Waals surface area (Å²) in [5.74, 6) is 0.747. The maximum atomic E-state index is 12.9. The van der Waals surface area contributed by atoms with E-state index >= 15 is 0 Å². The van der Waals surface area contributed by atoms with Crippen molar-refractivity contribution in [2.24, 2.45) is 17.6 Å². The predicted octanol–water partition coefficient (Wildman–Crippen LogP) is 0.983. The molecule has 0 radical (unpaired) electrons. The summed E-state index contributed by atoms with van der Waals surface area (Å²) in [6.07, 6.45) is 4.94. The number of amides is 2. The van der Waals surface area contributed by atoms with Crippen molar-refractivity contribution < 1.29 is 9.59 Å². The number of aromatic nitrogens is 3. The van der Waals surface area contributed by atoms with E-state index in [0.717, 1.165) is 48.9 Å². The number of rotatable bonds is 5. The first-order valence-corrected chi connectivity index (χ1v) is 10.2. The Morgan fingerprint density at radius 2 is 1.89 bits per heavy atom. The van der Waals surface area contributed by atoms with Crippen LogP contribution in [0.2, 0.25) is 0 Å². The van der Waals surface area contributed by atoms with Crippen molar-refractivity contribution in [2.45, 2.75) is 44.6 Å². The molecule has 2 unspecified atom stereocenters. The van der Waals surface area contributed by atoms with E-state index in [1.54, 1.807) is 4.90 Å². The number of hydrogen-bond acceptors (Lipinski definition) is 5. The molecule has 1 aromatic carbocycles. The summed E-state index contributed by atoms with van der Waals surface area (Å²) in [4.78, 5) is 26.7. The monoisotopic (exact) mass is 384 g/mol. The third-order valence-corrected chi connectivity index (χ3v) is 6.35. The van der Waals surface area contributed by atoms with Gasteiger partial charge < -0.3 is 16.0 Å². The van der Waals surface area contributed by atoms with E-state index in [2.05, 4.69) is 20.7 Å². The fraction of sp³-hybridized carbons (Fsp3) is 0.600. The van der Waals surface area contributed by atoms with E-state index in [-0.39, 0.29) is 11.8 Å². The maximum Gasteiger partial charge on any atom is 0.240 e. The quantitative estimate of drug-likeness (QED) is 0.710. The third-order valence-electron chi connectivity index (χ3n) is 6.35. The fourth-order valence-electron chi connectivity index (χ4n) is 4.74. The van der Waals surface area contributed by atoms with Crippen molar-refractivity contribution in [1.29, 1.82) is 0 Å². The van der Waals surface area contributed by atoms with Crippen molar-refractivity contribution in [2.75, 3.05) is 19.6 Å². The van der Waals surface area contributed by atoms with Gasteiger partial charge in [-0.15, -0.1) is 0 Å². The Morgan fingerprint density at radius 1 is 1.11 bits per heavy atom. The third kappa shape index (κ3) is 4.01. The first kappa shape index (κ1) is 18.9. The summed E-state index contributed by atoms with van der Waals surface area (Å²) >= 11 is 0. The van der Waals surface area contributed by atoms with Crippen LogP contribution in [-0.2, 0) is 16.0 Å². The number of H-pyrrole nitrogens is 1. The van der Waals surface area contributed by atoms with Crippen LogP contribution in [0.15, 0.2) is 18.2 Å². The lowest BCUT2D eigenvalue weighted by Gasteiger charge is -2.41. The van der Waals surface area contributed by atoms with Crippen LogP contribution in [-0.4, -0.2) is 57.8 Å². The van der Waals surface area contributed by atoms with E-state index in [1.807, 2.05) is 18.2 Å². The molecule has 1 aromatic heterocycles. The van der Waals surface area contributed by atoms with Crippen molar-refractivity contribution in [3.8, 4) is 0 Å². The smallest absolute Gasteiger partial charge is 0.240 e. The van der Waals surface area contributed by atoms with Crippen molar-refractivity contribution in [1.82, 2.24) is 25.6 Å². The van der Waals surface area contributed by atoms with E-state index < -0.39 is 6.04 Å². The van der Waals surface area contributed by atoms with Crippen LogP contribution in [0.3, 0.4) is 0 Å². The molecule has 8 heteroatoms. The van der Waals surface area contributed by atoms with E-state index in [4.69, 9.17) is 5.73 Å². The number of aromatic amines is 1. The normalized spacial score (nSPS) is 23.8. The first-order chi connectivity index (χ1) is 13.6. The highest BCUT2D eigenvalue weighted by molar-refractivity contribution is 5.87. The lowest BCUT2D eigenvalue weighted by atomic mass is 9.76. The Morgan fingerprint density at radius 3 is 2.68 bits per heavy atom.